The predicted octanol–water partition coefficient (Wildman–Crippen LogP) is 16.0. The van der Waals surface area contributed by atoms with Crippen molar-refractivity contribution in [2.75, 3.05) is 0 Å². The van der Waals surface area contributed by atoms with Crippen LogP contribution in [0.15, 0.2) is 156 Å². The van der Waals surface area contributed by atoms with Gasteiger partial charge in [0.25, 0.3) is 0 Å². The average Bonchev–Trinajstić information content (AvgIpc) is 4.06. The van der Waals surface area contributed by atoms with Gasteiger partial charge in [-0.1, -0.05) is 97.1 Å². The van der Waals surface area contributed by atoms with E-state index in [1.807, 2.05) is 0 Å². The number of aromatic nitrogens is 2. The quantitative estimate of drug-likeness (QED) is 0.161. The van der Waals surface area contributed by atoms with Gasteiger partial charge in [0.05, 0.1) is 11.0 Å². The van der Waals surface area contributed by atoms with Gasteiger partial charge in [0.2, 0.25) is 0 Å². The van der Waals surface area contributed by atoms with Crippen LogP contribution in [0.25, 0.3) is 105 Å². The van der Waals surface area contributed by atoms with Gasteiger partial charge in [0.1, 0.15) is 11.2 Å². The molecule has 8 aliphatic carbocycles. The molecule has 8 aromatic carbocycles. The summed E-state index contributed by atoms with van der Waals surface area (Å²) < 4.78 is 12.9. The van der Waals surface area contributed by atoms with Crippen molar-refractivity contribution in [2.24, 2.45) is 35.5 Å². The Bertz CT molecular complexity index is 4170. The Morgan fingerprint density at radius 3 is 1.69 bits per heavy atom. The van der Waals surface area contributed by atoms with Crippen molar-refractivity contribution in [3.63, 3.8) is 0 Å². The summed E-state index contributed by atoms with van der Waals surface area (Å²) in [5.74, 6) is 5.31. The molecular weight excluding hydrogens is 872 g/mol. The zero-order valence-electron chi connectivity index (χ0n) is 40.8. The number of rotatable bonds is 4. The fraction of sp³-hybridized carbons (Fsp3) is 0.294. The summed E-state index contributed by atoms with van der Waals surface area (Å²) >= 11 is 0. The first kappa shape index (κ1) is 38.8. The molecule has 0 amide bonds. The smallest absolute Gasteiger partial charge is 0.333 e. The third-order valence-corrected chi connectivity index (χ3v) is 21.3. The van der Waals surface area contributed by atoms with Crippen molar-refractivity contribution in [2.45, 2.75) is 87.9 Å². The standard InChI is InChI=1S/C68H55BN2O/c1-3-9-44(10-4-1)46-15-17-58-51(25-46)53-26-47(45-11-5-2-6-12-45)27-57-65(53)70(58)60-31-55-50-13-7-8-14-61(50)72-66(55)62-56-30-49(68-35-41-22-42(36-68)24-43(23-41)37-68)29-54-52-28-48(16-18-59(52)71(64(54)56)69(57)63(60)62)67-32-38-19-39(33-67)21-40(20-38)34-67/h1-18,25-31,38-43H,19-24,32-37H2. The maximum atomic E-state index is 7.36. The molecule has 0 atom stereocenters. The molecule has 72 heavy (non-hydrogen) atoms. The van der Waals surface area contributed by atoms with Crippen LogP contribution in [0.5, 0.6) is 0 Å². The lowest BCUT2D eigenvalue weighted by Gasteiger charge is -2.57. The fourth-order valence-electron chi connectivity index (χ4n) is 19.5. The molecule has 11 aromatic rings. The molecule has 2 aliphatic heterocycles. The van der Waals surface area contributed by atoms with Crippen LogP contribution in [0.1, 0.15) is 88.2 Å². The highest BCUT2D eigenvalue weighted by atomic mass is 16.3. The Hall–Kier alpha value is -6.78. The molecule has 346 valence electrons. The Morgan fingerprint density at radius 1 is 0.431 bits per heavy atom. The topological polar surface area (TPSA) is 23.0 Å². The normalized spacial score (nSPS) is 28.0. The van der Waals surface area contributed by atoms with Crippen molar-refractivity contribution >= 4 is 83.3 Å². The van der Waals surface area contributed by atoms with Crippen LogP contribution in [-0.2, 0) is 10.8 Å². The third-order valence-electron chi connectivity index (χ3n) is 21.3. The number of nitrogens with zero attached hydrogens (tertiary/aromatic N) is 2. The maximum Gasteiger partial charge on any atom is 0.333 e. The van der Waals surface area contributed by atoms with E-state index in [0.717, 1.165) is 46.7 Å². The zero-order valence-corrected chi connectivity index (χ0v) is 40.8. The number of benzene rings is 8. The van der Waals surface area contributed by atoms with E-state index in [9.17, 15) is 0 Å². The molecule has 4 heteroatoms. The molecule has 21 rings (SSSR count). The molecule has 0 saturated heterocycles. The van der Waals surface area contributed by atoms with E-state index in [-0.39, 0.29) is 12.3 Å². The second-order valence-electron chi connectivity index (χ2n) is 25.2. The van der Waals surface area contributed by atoms with Crippen LogP contribution in [0.3, 0.4) is 0 Å². The van der Waals surface area contributed by atoms with Gasteiger partial charge in [0, 0.05) is 60.2 Å². The molecule has 5 heterocycles. The highest BCUT2D eigenvalue weighted by Gasteiger charge is 2.54. The molecule has 0 unspecified atom stereocenters. The van der Waals surface area contributed by atoms with E-state index in [1.165, 1.54) is 181 Å². The summed E-state index contributed by atoms with van der Waals surface area (Å²) in [7, 11) is 0. The SMILES string of the molecule is c1ccc(-c2ccc3c(c2)c2cc(-c4ccccc4)cc4c2n3-c2cc3c(oc5ccccc53)c3c2B4n2c4ccc(C56CC7CC(CC(C7)C5)C6)cc4c4cc(C56CC7CC(CC(C7)C5)C6)cc-3c42)cc1. The molecule has 8 bridgehead atoms. The Kier molecular flexibility index (Phi) is 7.15. The van der Waals surface area contributed by atoms with Gasteiger partial charge >= 0.3 is 6.85 Å². The number of furan rings is 1. The van der Waals surface area contributed by atoms with Gasteiger partial charge in [-0.15, -0.1) is 0 Å². The fourth-order valence-corrected chi connectivity index (χ4v) is 19.5. The van der Waals surface area contributed by atoms with Crippen LogP contribution in [0.2, 0.25) is 0 Å². The zero-order chi connectivity index (χ0) is 46.3. The highest BCUT2D eigenvalue weighted by molar-refractivity contribution is 6.90. The third kappa shape index (κ3) is 4.87. The van der Waals surface area contributed by atoms with E-state index < -0.39 is 0 Å². The van der Waals surface area contributed by atoms with Crippen LogP contribution in [0.4, 0.5) is 0 Å². The Labute approximate surface area is 419 Å². The summed E-state index contributed by atoms with van der Waals surface area (Å²) in [6.45, 7) is -0.0625. The largest absolute Gasteiger partial charge is 0.455 e. The van der Waals surface area contributed by atoms with Gasteiger partial charge in [-0.3, -0.25) is 0 Å². The van der Waals surface area contributed by atoms with E-state index in [2.05, 4.69) is 161 Å². The monoisotopic (exact) mass is 926 g/mol. The maximum absolute atomic E-state index is 7.36. The lowest BCUT2D eigenvalue weighted by Crippen LogP contribution is -2.55. The molecule has 3 nitrogen and oxygen atoms in total. The van der Waals surface area contributed by atoms with Crippen molar-refractivity contribution in [1.82, 2.24) is 9.05 Å². The van der Waals surface area contributed by atoms with Gasteiger partial charge in [-0.2, -0.15) is 0 Å². The molecular formula is C68H55BN2O. The molecule has 0 radical (unpaired) electrons. The summed E-state index contributed by atoms with van der Waals surface area (Å²) in [6, 6.07) is 59.5. The first-order valence-electron chi connectivity index (χ1n) is 27.8. The van der Waals surface area contributed by atoms with Crippen molar-refractivity contribution < 1.29 is 4.42 Å². The van der Waals surface area contributed by atoms with Crippen molar-refractivity contribution in [3.05, 3.63) is 163 Å². The van der Waals surface area contributed by atoms with E-state index in [1.54, 1.807) is 11.1 Å². The summed E-state index contributed by atoms with van der Waals surface area (Å²) in [6.07, 6.45) is 17.0. The molecule has 8 fully saturated rings. The lowest BCUT2D eigenvalue weighted by atomic mass is 9.45. The number of hydrogen-bond donors (Lipinski definition) is 0. The van der Waals surface area contributed by atoms with Crippen LogP contribution in [0, 0.1) is 35.5 Å². The minimum absolute atomic E-state index is 0.0625. The molecule has 8 saturated carbocycles. The van der Waals surface area contributed by atoms with Gasteiger partial charge < -0.3 is 13.5 Å². The van der Waals surface area contributed by atoms with Crippen molar-refractivity contribution in [3.8, 4) is 39.1 Å². The van der Waals surface area contributed by atoms with E-state index in [4.69, 9.17) is 4.42 Å². The summed E-state index contributed by atoms with van der Waals surface area (Å²) in [5, 5.41) is 8.01. The second kappa shape index (κ2) is 13.2. The van der Waals surface area contributed by atoms with Gasteiger partial charge in [-0.05, 0) is 222 Å². The first-order valence-corrected chi connectivity index (χ1v) is 27.8. The predicted molar refractivity (Wildman–Crippen MR) is 297 cm³/mol. The molecule has 3 aromatic heterocycles. The summed E-state index contributed by atoms with van der Waals surface area (Å²) in [5.41, 5.74) is 23.1. The number of hydrogen-bond acceptors (Lipinski definition) is 1. The van der Waals surface area contributed by atoms with E-state index >= 15 is 0 Å². The number of fused-ring (bicyclic) bond motifs is 14. The van der Waals surface area contributed by atoms with Crippen LogP contribution in [-0.4, -0.2) is 15.9 Å². The minimum atomic E-state index is -0.0625. The number of para-hydroxylation sites is 1. The average molecular weight is 927 g/mol. The van der Waals surface area contributed by atoms with Gasteiger partial charge in [0.15, 0.2) is 0 Å². The second-order valence-corrected chi connectivity index (χ2v) is 25.2. The molecule has 0 spiro atoms. The minimum Gasteiger partial charge on any atom is -0.455 e. The lowest BCUT2D eigenvalue weighted by molar-refractivity contribution is -0.00527. The highest BCUT2D eigenvalue weighted by Crippen LogP contribution is 2.63. The molecule has 10 aliphatic rings. The van der Waals surface area contributed by atoms with Crippen molar-refractivity contribution in [1.29, 1.82) is 0 Å². The first-order chi connectivity index (χ1) is 35.5. The van der Waals surface area contributed by atoms with E-state index in [0.29, 0.717) is 5.41 Å². The van der Waals surface area contributed by atoms with Gasteiger partial charge in [-0.25, -0.2) is 0 Å². The van der Waals surface area contributed by atoms with Crippen LogP contribution < -0.4 is 10.9 Å². The summed E-state index contributed by atoms with van der Waals surface area (Å²) in [4.78, 5) is 0. The van der Waals surface area contributed by atoms with Crippen LogP contribution >= 0.6 is 0 Å². The Morgan fingerprint density at radius 2 is 1.00 bits per heavy atom. The Balaban J connectivity index is 0.979. The molecule has 0 N–H and O–H groups in total.